The summed E-state index contributed by atoms with van der Waals surface area (Å²) in [5.41, 5.74) is 1.65. The molecular formula is C20H15N5O2S. The quantitative estimate of drug-likeness (QED) is 0.500. The summed E-state index contributed by atoms with van der Waals surface area (Å²) >= 11 is 1.53. The van der Waals surface area contributed by atoms with Crippen molar-refractivity contribution >= 4 is 33.1 Å². The fourth-order valence-electron chi connectivity index (χ4n) is 3.04. The maximum absolute atomic E-state index is 12.6. The van der Waals surface area contributed by atoms with Crippen LogP contribution in [0.25, 0.3) is 26.6 Å². The first-order chi connectivity index (χ1) is 13.7. The van der Waals surface area contributed by atoms with Gasteiger partial charge in [-0.2, -0.15) is 0 Å². The van der Waals surface area contributed by atoms with E-state index in [-0.39, 0.29) is 17.7 Å². The van der Waals surface area contributed by atoms with Crippen molar-refractivity contribution in [2.45, 2.75) is 13.0 Å². The summed E-state index contributed by atoms with van der Waals surface area (Å²) in [6, 6.07) is 16.6. The van der Waals surface area contributed by atoms with Crippen molar-refractivity contribution in [3.63, 3.8) is 0 Å². The molecule has 8 heteroatoms. The first-order valence-electron chi connectivity index (χ1n) is 8.75. The zero-order valence-corrected chi connectivity index (χ0v) is 15.7. The summed E-state index contributed by atoms with van der Waals surface area (Å²) in [4.78, 5) is 17.2. The molecule has 0 bridgehead atoms. The lowest BCUT2D eigenvalue weighted by molar-refractivity contribution is 0.0911. The van der Waals surface area contributed by atoms with E-state index < -0.39 is 0 Å². The van der Waals surface area contributed by atoms with Gasteiger partial charge in [0.1, 0.15) is 0 Å². The van der Waals surface area contributed by atoms with E-state index in [0.29, 0.717) is 11.6 Å². The van der Waals surface area contributed by atoms with Crippen LogP contribution >= 0.6 is 11.3 Å². The van der Waals surface area contributed by atoms with Gasteiger partial charge in [0.2, 0.25) is 0 Å². The highest BCUT2D eigenvalue weighted by Gasteiger charge is 2.20. The third-order valence-electron chi connectivity index (χ3n) is 4.41. The topological polar surface area (TPSA) is 85.3 Å². The Bertz CT molecular complexity index is 1270. The van der Waals surface area contributed by atoms with Gasteiger partial charge in [0.25, 0.3) is 5.91 Å². The van der Waals surface area contributed by atoms with E-state index in [2.05, 4.69) is 20.5 Å². The molecule has 0 aliphatic rings. The van der Waals surface area contributed by atoms with Crippen molar-refractivity contribution in [2.75, 3.05) is 0 Å². The number of fused-ring (bicyclic) bond motifs is 2. The number of amides is 1. The number of carbonyl (C=O) groups excluding carboxylic acids is 1. The van der Waals surface area contributed by atoms with E-state index in [1.165, 1.54) is 11.3 Å². The van der Waals surface area contributed by atoms with Crippen LogP contribution in [0, 0.1) is 0 Å². The molecule has 5 aromatic rings. The molecule has 1 aromatic carbocycles. The average Bonchev–Trinajstić information content (AvgIpc) is 3.44. The molecule has 1 atom stereocenters. The van der Waals surface area contributed by atoms with Crippen LogP contribution in [0.4, 0.5) is 0 Å². The van der Waals surface area contributed by atoms with Crippen LogP contribution in [0.3, 0.4) is 0 Å². The van der Waals surface area contributed by atoms with Gasteiger partial charge in [0, 0.05) is 6.20 Å². The molecule has 4 aromatic heterocycles. The number of thiazole rings is 1. The maximum Gasteiger partial charge on any atom is 0.287 e. The van der Waals surface area contributed by atoms with Crippen LogP contribution in [0.15, 0.2) is 65.2 Å². The highest BCUT2D eigenvalue weighted by molar-refractivity contribution is 7.21. The van der Waals surface area contributed by atoms with Gasteiger partial charge in [-0.1, -0.05) is 18.2 Å². The number of nitrogens with one attached hydrogen (secondary N) is 1. The minimum Gasteiger partial charge on any atom is -0.448 e. The second-order valence-electron chi connectivity index (χ2n) is 6.33. The molecule has 0 saturated heterocycles. The number of furan rings is 1. The molecule has 0 aliphatic carbocycles. The maximum atomic E-state index is 12.6. The van der Waals surface area contributed by atoms with Gasteiger partial charge in [-0.25, -0.2) is 4.98 Å². The van der Waals surface area contributed by atoms with Crippen molar-refractivity contribution < 1.29 is 9.21 Å². The van der Waals surface area contributed by atoms with Crippen LogP contribution in [0.2, 0.25) is 0 Å². The van der Waals surface area contributed by atoms with Crippen LogP contribution < -0.4 is 5.32 Å². The second-order valence-corrected chi connectivity index (χ2v) is 7.36. The first kappa shape index (κ1) is 16.6. The van der Waals surface area contributed by atoms with Gasteiger partial charge in [0.05, 0.1) is 16.3 Å². The van der Waals surface area contributed by atoms with Gasteiger partial charge >= 0.3 is 0 Å². The number of benzene rings is 1. The summed E-state index contributed by atoms with van der Waals surface area (Å²) < 4.78 is 8.68. The van der Waals surface area contributed by atoms with Crippen molar-refractivity contribution in [3.05, 3.63) is 72.4 Å². The lowest BCUT2D eigenvalue weighted by Gasteiger charge is -2.11. The van der Waals surface area contributed by atoms with E-state index in [1.807, 2.05) is 60.0 Å². The van der Waals surface area contributed by atoms with Crippen LogP contribution in [-0.2, 0) is 0 Å². The molecule has 0 fully saturated rings. The van der Waals surface area contributed by atoms with E-state index in [9.17, 15) is 4.79 Å². The zero-order chi connectivity index (χ0) is 19.1. The number of hydrogen-bond acceptors (Lipinski definition) is 6. The smallest absolute Gasteiger partial charge is 0.287 e. The molecule has 0 aliphatic heterocycles. The molecule has 0 radical (unpaired) electrons. The van der Waals surface area contributed by atoms with E-state index in [4.69, 9.17) is 4.42 Å². The second kappa shape index (κ2) is 6.58. The molecule has 7 nitrogen and oxygen atoms in total. The van der Waals surface area contributed by atoms with Crippen molar-refractivity contribution in [1.82, 2.24) is 24.9 Å². The number of carbonyl (C=O) groups is 1. The average molecular weight is 389 g/mol. The van der Waals surface area contributed by atoms with Crippen LogP contribution in [0.1, 0.15) is 29.3 Å². The normalized spacial score (nSPS) is 12.5. The molecule has 0 saturated carbocycles. The summed E-state index contributed by atoms with van der Waals surface area (Å²) in [5, 5.41) is 12.0. The summed E-state index contributed by atoms with van der Waals surface area (Å²) in [6.07, 6.45) is 1.87. The zero-order valence-electron chi connectivity index (χ0n) is 14.9. The minimum atomic E-state index is -0.332. The Labute approximate surface area is 163 Å². The van der Waals surface area contributed by atoms with Crippen molar-refractivity contribution in [3.8, 4) is 10.8 Å². The van der Waals surface area contributed by atoms with Gasteiger partial charge in [0.15, 0.2) is 28.0 Å². The van der Waals surface area contributed by atoms with Gasteiger partial charge in [-0.05, 0) is 43.3 Å². The molecule has 28 heavy (non-hydrogen) atoms. The summed E-state index contributed by atoms with van der Waals surface area (Å²) in [7, 11) is 0. The Hall–Kier alpha value is -3.52. The minimum absolute atomic E-state index is 0.231. The fraction of sp³-hybridized carbons (Fsp3) is 0.100. The fourth-order valence-corrected chi connectivity index (χ4v) is 3.97. The number of hydrogen-bond donors (Lipinski definition) is 1. The lowest BCUT2D eigenvalue weighted by Crippen LogP contribution is -2.27. The molecule has 0 spiro atoms. The van der Waals surface area contributed by atoms with E-state index >= 15 is 0 Å². The number of rotatable bonds is 4. The standard InChI is InChI=1S/C20H15N5O2S/c1-12(18-24-23-17-8-4-5-11-25(17)18)21-19(26)14-9-10-15(27-14)20-22-13-6-2-3-7-16(13)28-20/h2-12H,1H3,(H,21,26)/t12-/m1/s1. The van der Waals surface area contributed by atoms with Gasteiger partial charge < -0.3 is 9.73 Å². The Kier molecular flexibility index (Phi) is 3.91. The number of pyridine rings is 1. The monoisotopic (exact) mass is 389 g/mol. The lowest BCUT2D eigenvalue weighted by atomic mass is 10.3. The molecule has 1 amide bonds. The van der Waals surface area contributed by atoms with Crippen molar-refractivity contribution in [2.24, 2.45) is 0 Å². The third-order valence-corrected chi connectivity index (χ3v) is 5.46. The van der Waals surface area contributed by atoms with Crippen molar-refractivity contribution in [1.29, 1.82) is 0 Å². The molecular weight excluding hydrogens is 374 g/mol. The molecule has 5 rings (SSSR count). The highest BCUT2D eigenvalue weighted by atomic mass is 32.1. The number of nitrogens with zero attached hydrogens (tertiary/aromatic N) is 4. The Morgan fingerprint density at radius 1 is 1.11 bits per heavy atom. The predicted molar refractivity (Wildman–Crippen MR) is 106 cm³/mol. The SMILES string of the molecule is C[C@@H](NC(=O)c1ccc(-c2nc3ccccc3s2)o1)c1nnc2ccccn12. The highest BCUT2D eigenvalue weighted by Crippen LogP contribution is 2.31. The van der Waals surface area contributed by atoms with Crippen LogP contribution in [-0.4, -0.2) is 25.5 Å². The Morgan fingerprint density at radius 3 is 2.86 bits per heavy atom. The Morgan fingerprint density at radius 2 is 1.96 bits per heavy atom. The van der Waals surface area contributed by atoms with Gasteiger partial charge in [-0.3, -0.25) is 9.20 Å². The summed E-state index contributed by atoms with van der Waals surface area (Å²) in [5.74, 6) is 1.15. The molecule has 138 valence electrons. The molecule has 0 unspecified atom stereocenters. The van der Waals surface area contributed by atoms with Gasteiger partial charge in [-0.15, -0.1) is 21.5 Å². The summed E-state index contributed by atoms with van der Waals surface area (Å²) in [6.45, 7) is 1.86. The Balaban J connectivity index is 1.37. The number of aromatic nitrogens is 4. The largest absolute Gasteiger partial charge is 0.448 e. The third kappa shape index (κ3) is 2.84. The molecule has 1 N–H and O–H groups in total. The van der Waals surface area contributed by atoms with E-state index in [1.54, 1.807) is 12.1 Å². The predicted octanol–water partition coefficient (Wildman–Crippen LogP) is 4.09. The first-order valence-corrected chi connectivity index (χ1v) is 9.57. The number of para-hydroxylation sites is 1. The van der Waals surface area contributed by atoms with Crippen LogP contribution in [0.5, 0.6) is 0 Å². The van der Waals surface area contributed by atoms with E-state index in [0.717, 1.165) is 20.9 Å². The molecule has 4 heterocycles.